The van der Waals surface area contributed by atoms with Crippen molar-refractivity contribution >= 4 is 0 Å². The van der Waals surface area contributed by atoms with Gasteiger partial charge in [0.15, 0.2) is 0 Å². The zero-order valence-electron chi connectivity index (χ0n) is 13.0. The third kappa shape index (κ3) is 14.0. The Morgan fingerprint density at radius 2 is 1.06 bits per heavy atom. The zero-order valence-corrected chi connectivity index (χ0v) is 13.0. The Hall–Kier alpha value is -0.0400. The summed E-state index contributed by atoms with van der Waals surface area (Å²) in [6, 6.07) is 0. The number of rotatable bonds is 0. The van der Waals surface area contributed by atoms with Crippen molar-refractivity contribution < 1.29 is 0 Å². The monoisotopic (exact) mass is 229 g/mol. The Bertz CT molecular complexity index is 136. The fourth-order valence-electron chi connectivity index (χ4n) is 1.79. The number of nitrogens with two attached hydrogens (primary N) is 1. The van der Waals surface area contributed by atoms with Gasteiger partial charge in [-0.25, -0.2) is 0 Å². The molecule has 0 bridgehead atoms. The topological polar surface area (TPSA) is 26.0 Å². The molecule has 1 nitrogen and oxygen atoms in total. The minimum absolute atomic E-state index is 0. The summed E-state index contributed by atoms with van der Waals surface area (Å²) in [6.07, 6.45) is 5.90. The fourth-order valence-corrected chi connectivity index (χ4v) is 1.79. The van der Waals surface area contributed by atoms with E-state index >= 15 is 0 Å². The highest BCUT2D eigenvalue weighted by atomic mass is 14.7. The molecule has 1 rings (SSSR count). The van der Waals surface area contributed by atoms with Crippen LogP contribution in [0.4, 0.5) is 0 Å². The fraction of sp³-hybridized carbons (Fsp3) is 1.00. The van der Waals surface area contributed by atoms with Crippen LogP contribution in [0.1, 0.15) is 81.1 Å². The van der Waals surface area contributed by atoms with E-state index < -0.39 is 0 Å². The van der Waals surface area contributed by atoms with Gasteiger partial charge in [-0.15, -0.1) is 0 Å². The van der Waals surface area contributed by atoms with Gasteiger partial charge in [0.2, 0.25) is 0 Å². The smallest absolute Gasteiger partial charge is 0.00686 e. The summed E-state index contributed by atoms with van der Waals surface area (Å²) in [4.78, 5) is 0. The standard InChI is InChI=1S/C9H18.C4H11N.C2H6/c1-9(2,3)8-6-4-5-7-8;1-4(2,3)5;1-2/h8H,4-7H2,1-3H3;5H2,1-3H3;1-2H3. The molecule has 0 amide bonds. The first kappa shape index (κ1) is 18.3. The lowest BCUT2D eigenvalue weighted by Gasteiger charge is -2.26. The van der Waals surface area contributed by atoms with Gasteiger partial charge < -0.3 is 5.73 Å². The van der Waals surface area contributed by atoms with Crippen molar-refractivity contribution in [2.75, 3.05) is 0 Å². The summed E-state index contributed by atoms with van der Waals surface area (Å²) in [5, 5.41) is 0. The minimum Gasteiger partial charge on any atom is -0.326 e. The van der Waals surface area contributed by atoms with Gasteiger partial charge in [-0.1, -0.05) is 47.5 Å². The van der Waals surface area contributed by atoms with Crippen molar-refractivity contribution in [3.05, 3.63) is 0 Å². The van der Waals surface area contributed by atoms with Crippen LogP contribution in [0.5, 0.6) is 0 Å². The zero-order chi connectivity index (χ0) is 13.4. The first-order valence-corrected chi connectivity index (χ1v) is 6.89. The third-order valence-electron chi connectivity index (χ3n) is 2.58. The first-order valence-electron chi connectivity index (χ1n) is 6.89. The Morgan fingerprint density at radius 1 is 0.812 bits per heavy atom. The van der Waals surface area contributed by atoms with Crippen molar-refractivity contribution in [1.29, 1.82) is 0 Å². The number of hydrogen-bond acceptors (Lipinski definition) is 1. The maximum Gasteiger partial charge on any atom is 0.00686 e. The van der Waals surface area contributed by atoms with E-state index in [2.05, 4.69) is 20.8 Å². The molecule has 1 fully saturated rings. The molecule has 0 saturated heterocycles. The van der Waals surface area contributed by atoms with Gasteiger partial charge in [0.05, 0.1) is 0 Å². The molecule has 0 radical (unpaired) electrons. The minimum atomic E-state index is 0. The maximum atomic E-state index is 5.35. The van der Waals surface area contributed by atoms with Gasteiger partial charge in [0.25, 0.3) is 0 Å². The number of hydrogen-bond donors (Lipinski definition) is 1. The SMILES string of the molecule is CC.CC(C)(C)C1CCCC1.CC(C)(C)N. The average Bonchev–Trinajstić information content (AvgIpc) is 2.55. The van der Waals surface area contributed by atoms with Crippen molar-refractivity contribution in [3.63, 3.8) is 0 Å². The third-order valence-corrected chi connectivity index (χ3v) is 2.58. The van der Waals surface area contributed by atoms with E-state index in [0.717, 1.165) is 5.92 Å². The van der Waals surface area contributed by atoms with E-state index in [1.54, 1.807) is 0 Å². The molecule has 0 aromatic heterocycles. The molecule has 0 unspecified atom stereocenters. The lowest BCUT2D eigenvalue weighted by Crippen LogP contribution is -2.26. The molecule has 1 saturated carbocycles. The second kappa shape index (κ2) is 8.11. The molecule has 0 atom stereocenters. The van der Waals surface area contributed by atoms with Gasteiger partial charge in [0.1, 0.15) is 0 Å². The molecule has 1 heteroatoms. The van der Waals surface area contributed by atoms with Crippen LogP contribution < -0.4 is 5.73 Å². The highest BCUT2D eigenvalue weighted by Crippen LogP contribution is 2.38. The molecule has 1 aliphatic carbocycles. The van der Waals surface area contributed by atoms with Gasteiger partial charge in [-0.2, -0.15) is 0 Å². The van der Waals surface area contributed by atoms with Crippen molar-refractivity contribution in [2.24, 2.45) is 17.1 Å². The molecular formula is C15H35N. The Kier molecular flexibility index (Phi) is 9.29. The second-order valence-electron chi connectivity index (χ2n) is 6.71. The summed E-state index contributed by atoms with van der Waals surface area (Å²) < 4.78 is 0. The van der Waals surface area contributed by atoms with Crippen LogP contribution in [0.15, 0.2) is 0 Å². The molecule has 2 N–H and O–H groups in total. The maximum absolute atomic E-state index is 5.35. The molecule has 0 aromatic carbocycles. The predicted octanol–water partition coefficient (Wildman–Crippen LogP) is 4.99. The highest BCUT2D eigenvalue weighted by molar-refractivity contribution is 4.78. The molecule has 100 valence electrons. The molecule has 16 heavy (non-hydrogen) atoms. The summed E-state index contributed by atoms with van der Waals surface area (Å²) >= 11 is 0. The Labute approximate surface area is 104 Å². The van der Waals surface area contributed by atoms with Crippen molar-refractivity contribution in [1.82, 2.24) is 0 Å². The van der Waals surface area contributed by atoms with E-state index in [4.69, 9.17) is 5.73 Å². The summed E-state index contributed by atoms with van der Waals surface area (Å²) in [7, 11) is 0. The van der Waals surface area contributed by atoms with Crippen LogP contribution in [0.25, 0.3) is 0 Å². The van der Waals surface area contributed by atoms with E-state index in [1.165, 1.54) is 25.7 Å². The van der Waals surface area contributed by atoms with E-state index in [9.17, 15) is 0 Å². The van der Waals surface area contributed by atoms with Gasteiger partial charge >= 0.3 is 0 Å². The van der Waals surface area contributed by atoms with Crippen LogP contribution in [-0.2, 0) is 0 Å². The van der Waals surface area contributed by atoms with E-state index in [0.29, 0.717) is 5.41 Å². The van der Waals surface area contributed by atoms with Crippen molar-refractivity contribution in [3.8, 4) is 0 Å². The van der Waals surface area contributed by atoms with Gasteiger partial charge in [-0.05, 0) is 44.9 Å². The Balaban J connectivity index is 0. The Morgan fingerprint density at radius 3 is 1.19 bits per heavy atom. The lowest BCUT2D eigenvalue weighted by atomic mass is 9.80. The predicted molar refractivity (Wildman–Crippen MR) is 76.7 cm³/mol. The van der Waals surface area contributed by atoms with Crippen molar-refractivity contribution in [2.45, 2.75) is 86.6 Å². The summed E-state index contributed by atoms with van der Waals surface area (Å²) in [6.45, 7) is 17.0. The molecular weight excluding hydrogens is 194 g/mol. The summed E-state index contributed by atoms with van der Waals surface area (Å²) in [5.74, 6) is 1.01. The second-order valence-corrected chi connectivity index (χ2v) is 6.71. The van der Waals surface area contributed by atoms with Crippen LogP contribution >= 0.6 is 0 Å². The normalized spacial score (nSPS) is 17.1. The highest BCUT2D eigenvalue weighted by Gasteiger charge is 2.26. The molecule has 0 spiro atoms. The molecule has 1 aliphatic rings. The molecule has 0 aliphatic heterocycles. The van der Waals surface area contributed by atoms with Crippen LogP contribution in [0.3, 0.4) is 0 Å². The van der Waals surface area contributed by atoms with Crippen LogP contribution in [-0.4, -0.2) is 5.54 Å². The van der Waals surface area contributed by atoms with Crippen LogP contribution in [0, 0.1) is 11.3 Å². The first-order chi connectivity index (χ1) is 7.11. The van der Waals surface area contributed by atoms with E-state index in [-0.39, 0.29) is 5.54 Å². The van der Waals surface area contributed by atoms with E-state index in [1.807, 2.05) is 34.6 Å². The largest absolute Gasteiger partial charge is 0.326 e. The average molecular weight is 229 g/mol. The van der Waals surface area contributed by atoms with Gasteiger partial charge in [-0.3, -0.25) is 0 Å². The van der Waals surface area contributed by atoms with Crippen LogP contribution in [0.2, 0.25) is 0 Å². The quantitative estimate of drug-likeness (QED) is 0.622. The van der Waals surface area contributed by atoms with Gasteiger partial charge in [0, 0.05) is 5.54 Å². The molecule has 0 heterocycles. The summed E-state index contributed by atoms with van der Waals surface area (Å²) in [5.41, 5.74) is 5.93. The lowest BCUT2D eigenvalue weighted by molar-refractivity contribution is 0.246. The molecule has 0 aromatic rings.